The number of benzene rings is 5. The first kappa shape index (κ1) is 25.5. The van der Waals surface area contributed by atoms with Crippen LogP contribution in [0.1, 0.15) is 49.9 Å². The maximum Gasteiger partial charge on any atom is 0.247 e. The maximum atomic E-state index is 4.37. The fraction of sp³-hybridized carbons (Fsp3) is 0.146. The topological polar surface area (TPSA) is 16.1 Å². The van der Waals surface area contributed by atoms with Gasteiger partial charge in [-0.05, 0) is 79.5 Å². The van der Waals surface area contributed by atoms with Crippen LogP contribution in [0.15, 0.2) is 122 Å². The summed E-state index contributed by atoms with van der Waals surface area (Å²) >= 11 is 0. The molecule has 0 bridgehead atoms. The van der Waals surface area contributed by atoms with Gasteiger partial charge in [-0.1, -0.05) is 124 Å². The second kappa shape index (κ2) is 8.46. The van der Waals surface area contributed by atoms with E-state index in [4.69, 9.17) is 0 Å². The summed E-state index contributed by atoms with van der Waals surface area (Å²) in [7, 11) is 0. The summed E-state index contributed by atoms with van der Waals surface area (Å²) in [6, 6.07) is 41.8. The predicted molar refractivity (Wildman–Crippen MR) is 191 cm³/mol. The Balaban J connectivity index is 1.40. The van der Waals surface area contributed by atoms with Crippen molar-refractivity contribution in [2.45, 2.75) is 38.5 Å². The fourth-order valence-electron chi connectivity index (χ4n) is 9.54. The number of nitrogens with zero attached hydrogens (tertiary/aromatic N) is 2. The highest BCUT2D eigenvalue weighted by atomic mass is 15.2. The molecule has 0 saturated heterocycles. The molecule has 5 heterocycles. The normalized spacial score (nSPS) is 16.7. The van der Waals surface area contributed by atoms with Crippen LogP contribution >= 0.6 is 0 Å². The van der Waals surface area contributed by atoms with Crippen LogP contribution in [-0.4, -0.2) is 18.4 Å². The minimum Gasteiger partial charge on any atom is -0.313 e. The third-order valence-electron chi connectivity index (χ3n) is 11.5. The van der Waals surface area contributed by atoms with Gasteiger partial charge in [0.15, 0.2) is 0 Å². The molecular weight excluding hydrogens is 542 g/mol. The summed E-state index contributed by atoms with van der Waals surface area (Å²) in [6.07, 6.45) is 3.84. The Kier molecular flexibility index (Phi) is 4.79. The highest BCUT2D eigenvalue weighted by molar-refractivity contribution is 7.03. The lowest BCUT2D eigenvalue weighted by Crippen LogP contribution is -2.70. The summed E-state index contributed by atoms with van der Waals surface area (Å²) in [4.78, 5) is 7.01. The second-order valence-corrected chi connectivity index (χ2v) is 14.3. The first-order chi connectivity index (χ1) is 21.9. The van der Waals surface area contributed by atoms with Gasteiger partial charge in [-0.2, -0.15) is 0 Å². The van der Waals surface area contributed by atoms with E-state index in [1.165, 1.54) is 83.2 Å². The molecule has 212 valence electrons. The zero-order valence-electron chi connectivity index (χ0n) is 26.1. The zero-order chi connectivity index (χ0) is 30.2. The first-order valence-electron chi connectivity index (χ1n) is 16.2. The number of fused-ring (bicyclic) bond motifs is 8. The SMILES string of the molecule is CC1(C)c2ccccc2B2c3cc(-c4ccncc4)cc4c3N(c3cccc1c32)c1cccc2c1B4c1ccccc1C2(C)C. The highest BCUT2D eigenvalue weighted by Gasteiger charge is 2.51. The van der Waals surface area contributed by atoms with E-state index in [2.05, 4.69) is 147 Å². The summed E-state index contributed by atoms with van der Waals surface area (Å²) in [5.74, 6) is 0. The predicted octanol–water partition coefficient (Wildman–Crippen LogP) is 5.16. The Hall–Kier alpha value is -4.82. The van der Waals surface area contributed by atoms with Gasteiger partial charge in [0.05, 0.1) is 0 Å². The van der Waals surface area contributed by atoms with E-state index in [9.17, 15) is 0 Å². The van der Waals surface area contributed by atoms with E-state index < -0.39 is 0 Å². The van der Waals surface area contributed by atoms with Crippen LogP contribution < -0.4 is 37.7 Å². The van der Waals surface area contributed by atoms with Crippen molar-refractivity contribution in [3.63, 3.8) is 0 Å². The van der Waals surface area contributed by atoms with Crippen molar-refractivity contribution in [3.8, 4) is 11.1 Å². The number of hydrogen-bond donors (Lipinski definition) is 0. The Bertz CT molecular complexity index is 2110. The molecule has 45 heavy (non-hydrogen) atoms. The molecule has 1 aromatic heterocycles. The minimum atomic E-state index is -0.100. The van der Waals surface area contributed by atoms with Gasteiger partial charge >= 0.3 is 0 Å². The molecule has 0 saturated carbocycles. The van der Waals surface area contributed by atoms with Crippen molar-refractivity contribution in [2.75, 3.05) is 4.90 Å². The Labute approximate surface area is 266 Å². The lowest BCUT2D eigenvalue weighted by atomic mass is 9.26. The molecule has 0 amide bonds. The van der Waals surface area contributed by atoms with Crippen molar-refractivity contribution in [2.24, 2.45) is 0 Å². The van der Waals surface area contributed by atoms with Gasteiger partial charge in [0.25, 0.3) is 0 Å². The molecule has 6 aromatic rings. The summed E-state index contributed by atoms with van der Waals surface area (Å²) in [5.41, 5.74) is 20.6. The molecule has 0 atom stereocenters. The molecule has 4 heteroatoms. The average molecular weight is 574 g/mol. The number of hydrogen-bond acceptors (Lipinski definition) is 2. The minimum absolute atomic E-state index is 0.100. The summed E-state index contributed by atoms with van der Waals surface area (Å²) < 4.78 is 0. The number of pyridine rings is 1. The summed E-state index contributed by atoms with van der Waals surface area (Å²) in [5, 5.41) is 0. The molecule has 0 aliphatic carbocycles. The smallest absolute Gasteiger partial charge is 0.247 e. The Morgan fingerprint density at radius 2 is 0.956 bits per heavy atom. The van der Waals surface area contributed by atoms with E-state index in [0.717, 1.165) is 0 Å². The number of aromatic nitrogens is 1. The van der Waals surface area contributed by atoms with Crippen molar-refractivity contribution in [3.05, 3.63) is 144 Å². The second-order valence-electron chi connectivity index (χ2n) is 14.3. The van der Waals surface area contributed by atoms with Crippen LogP contribution in [0.5, 0.6) is 0 Å². The lowest BCUT2D eigenvalue weighted by Gasteiger charge is -2.50. The number of rotatable bonds is 1. The molecular formula is C41H32B2N2. The molecule has 4 aliphatic rings. The lowest BCUT2D eigenvalue weighted by molar-refractivity contribution is 0.645. The molecule has 0 spiro atoms. The van der Waals surface area contributed by atoms with Crippen LogP contribution in [0.2, 0.25) is 0 Å². The van der Waals surface area contributed by atoms with Crippen LogP contribution in [0, 0.1) is 0 Å². The van der Waals surface area contributed by atoms with Gasteiger partial charge in [0, 0.05) is 40.3 Å². The van der Waals surface area contributed by atoms with Gasteiger partial charge in [-0.25, -0.2) is 0 Å². The quantitative estimate of drug-likeness (QED) is 0.252. The molecule has 5 aromatic carbocycles. The third kappa shape index (κ3) is 3.05. The third-order valence-corrected chi connectivity index (χ3v) is 11.5. The van der Waals surface area contributed by atoms with Gasteiger partial charge in [-0.3, -0.25) is 4.98 Å². The molecule has 2 nitrogen and oxygen atoms in total. The molecule has 0 N–H and O–H groups in total. The molecule has 0 radical (unpaired) electrons. The van der Waals surface area contributed by atoms with Crippen LogP contribution in [-0.2, 0) is 10.8 Å². The van der Waals surface area contributed by atoms with E-state index in [-0.39, 0.29) is 24.3 Å². The maximum absolute atomic E-state index is 4.37. The molecule has 4 aliphatic heterocycles. The summed E-state index contributed by atoms with van der Waals surface area (Å²) in [6.45, 7) is 9.94. The molecule has 0 fully saturated rings. The van der Waals surface area contributed by atoms with Crippen molar-refractivity contribution in [1.82, 2.24) is 4.98 Å². The standard InChI is InChI=1S/C41H32B2N2/c1-40(2)27-11-5-7-15-31(27)42-33-23-26(25-19-21-44-22-20-25)24-34-39(33)45(35-17-9-13-29(40)37(35)42)36-18-10-14-30-38(36)43(34)32-16-8-6-12-28(32)41(30,3)4/h5-24H,1-4H3. The van der Waals surface area contributed by atoms with Crippen molar-refractivity contribution >= 4 is 63.3 Å². The van der Waals surface area contributed by atoms with Gasteiger partial charge in [0.2, 0.25) is 13.4 Å². The zero-order valence-corrected chi connectivity index (χ0v) is 26.1. The van der Waals surface area contributed by atoms with E-state index in [1.807, 2.05) is 12.4 Å². The van der Waals surface area contributed by atoms with Gasteiger partial charge < -0.3 is 4.90 Å². The molecule has 0 unspecified atom stereocenters. The highest BCUT2D eigenvalue weighted by Crippen LogP contribution is 2.46. The largest absolute Gasteiger partial charge is 0.313 e. The van der Waals surface area contributed by atoms with Crippen LogP contribution in [0.25, 0.3) is 11.1 Å². The van der Waals surface area contributed by atoms with E-state index >= 15 is 0 Å². The number of anilines is 3. The Morgan fingerprint density at radius 1 is 0.489 bits per heavy atom. The van der Waals surface area contributed by atoms with Crippen molar-refractivity contribution < 1.29 is 0 Å². The monoisotopic (exact) mass is 574 g/mol. The van der Waals surface area contributed by atoms with Crippen LogP contribution in [0.4, 0.5) is 17.1 Å². The fourth-order valence-corrected chi connectivity index (χ4v) is 9.54. The average Bonchev–Trinajstić information content (AvgIpc) is 3.07. The van der Waals surface area contributed by atoms with E-state index in [0.29, 0.717) is 0 Å². The van der Waals surface area contributed by atoms with Gasteiger partial charge in [-0.15, -0.1) is 0 Å². The van der Waals surface area contributed by atoms with Gasteiger partial charge in [0.1, 0.15) is 0 Å². The van der Waals surface area contributed by atoms with E-state index in [1.54, 1.807) is 0 Å². The van der Waals surface area contributed by atoms with Crippen molar-refractivity contribution in [1.29, 1.82) is 0 Å². The molecule has 10 rings (SSSR count). The van der Waals surface area contributed by atoms with Crippen LogP contribution in [0.3, 0.4) is 0 Å². The Morgan fingerprint density at radius 3 is 1.47 bits per heavy atom. The first-order valence-corrected chi connectivity index (χ1v) is 16.2.